The smallest absolute Gasteiger partial charge is 0.160 e. The van der Waals surface area contributed by atoms with Gasteiger partial charge in [-0.1, -0.05) is 0 Å². The highest BCUT2D eigenvalue weighted by atomic mass is 79.9. The van der Waals surface area contributed by atoms with Crippen molar-refractivity contribution >= 4 is 28.8 Å². The van der Waals surface area contributed by atoms with Gasteiger partial charge >= 0.3 is 0 Å². The van der Waals surface area contributed by atoms with Crippen molar-refractivity contribution in [1.82, 2.24) is 9.97 Å². The van der Waals surface area contributed by atoms with Crippen molar-refractivity contribution in [3.05, 3.63) is 29.9 Å². The minimum Gasteiger partial charge on any atom is -0.294 e. The van der Waals surface area contributed by atoms with Crippen LogP contribution in [0.5, 0.6) is 0 Å². The molecule has 0 fully saturated rings. The summed E-state index contributed by atoms with van der Waals surface area (Å²) < 4.78 is 0. The Morgan fingerprint density at radius 3 is 3.00 bits per heavy atom. The van der Waals surface area contributed by atoms with E-state index in [-0.39, 0.29) is 22.8 Å². The van der Waals surface area contributed by atoms with Crippen molar-refractivity contribution in [1.29, 1.82) is 0 Å². The zero-order valence-electron chi connectivity index (χ0n) is 6.23. The Balaban J connectivity index is 0.000000720. The molecule has 1 aromatic heterocycles. The summed E-state index contributed by atoms with van der Waals surface area (Å²) in [6, 6.07) is 0. The van der Waals surface area contributed by atoms with Crippen LogP contribution >= 0.6 is 17.0 Å². The molecular weight excluding hydrogens is 220 g/mol. The van der Waals surface area contributed by atoms with Gasteiger partial charge in [0.25, 0.3) is 0 Å². The molecule has 0 amide bonds. The van der Waals surface area contributed by atoms with Gasteiger partial charge in [0.1, 0.15) is 6.33 Å². The number of carbonyl (C=O) groups excluding carboxylic acids is 1. The number of halogens is 1. The minimum atomic E-state index is 0. The lowest BCUT2D eigenvalue weighted by Crippen LogP contribution is -2.06. The van der Waals surface area contributed by atoms with Crippen molar-refractivity contribution < 1.29 is 4.79 Å². The van der Waals surface area contributed by atoms with E-state index in [2.05, 4.69) is 9.97 Å². The van der Waals surface area contributed by atoms with Gasteiger partial charge in [-0.05, 0) is 12.2 Å². The third-order valence-electron chi connectivity index (χ3n) is 1.61. The van der Waals surface area contributed by atoms with Crippen LogP contribution < -0.4 is 0 Å². The lowest BCUT2D eigenvalue weighted by molar-refractivity contribution is -0.114. The van der Waals surface area contributed by atoms with Gasteiger partial charge in [0.2, 0.25) is 0 Å². The molecule has 0 radical (unpaired) electrons. The number of hydrogen-bond acceptors (Lipinski definition) is 3. The van der Waals surface area contributed by atoms with Gasteiger partial charge in [-0.2, -0.15) is 0 Å². The van der Waals surface area contributed by atoms with Gasteiger partial charge in [0.05, 0.1) is 5.69 Å². The number of rotatable bonds is 0. The lowest BCUT2D eigenvalue weighted by atomic mass is 10.0. The number of fused-ring (bicyclic) bond motifs is 1. The fourth-order valence-electron chi connectivity index (χ4n) is 1.07. The van der Waals surface area contributed by atoms with E-state index < -0.39 is 0 Å². The highest BCUT2D eigenvalue weighted by molar-refractivity contribution is 8.93. The van der Waals surface area contributed by atoms with Gasteiger partial charge in [-0.15, -0.1) is 17.0 Å². The Morgan fingerprint density at radius 1 is 1.33 bits per heavy atom. The molecular formula is C8H7BrN2O. The molecule has 0 saturated carbocycles. The van der Waals surface area contributed by atoms with E-state index in [0.717, 1.165) is 11.3 Å². The average Bonchev–Trinajstić information content (AvgIpc) is 2.04. The number of carbonyl (C=O) groups is 1. The van der Waals surface area contributed by atoms with Gasteiger partial charge in [0, 0.05) is 18.2 Å². The molecule has 1 aromatic rings. The maximum absolute atomic E-state index is 10.9. The molecule has 0 spiro atoms. The molecule has 1 aliphatic carbocycles. The molecule has 1 aliphatic rings. The molecule has 2 rings (SSSR count). The van der Waals surface area contributed by atoms with E-state index in [9.17, 15) is 4.79 Å². The summed E-state index contributed by atoms with van der Waals surface area (Å²) in [7, 11) is 0. The monoisotopic (exact) mass is 226 g/mol. The second-order valence-electron chi connectivity index (χ2n) is 2.41. The van der Waals surface area contributed by atoms with Crippen LogP contribution in [0.4, 0.5) is 0 Å². The first kappa shape index (κ1) is 9.06. The van der Waals surface area contributed by atoms with Crippen LogP contribution in [0.25, 0.3) is 6.08 Å². The molecule has 0 aromatic carbocycles. The van der Waals surface area contributed by atoms with Crippen LogP contribution in [0.3, 0.4) is 0 Å². The lowest BCUT2D eigenvalue weighted by Gasteiger charge is -2.05. The zero-order valence-corrected chi connectivity index (χ0v) is 7.94. The van der Waals surface area contributed by atoms with Gasteiger partial charge in [-0.3, -0.25) is 4.79 Å². The molecule has 4 heteroatoms. The second-order valence-corrected chi connectivity index (χ2v) is 2.41. The molecule has 0 saturated heterocycles. The second kappa shape index (κ2) is 3.58. The van der Waals surface area contributed by atoms with E-state index >= 15 is 0 Å². The number of ketones is 1. The molecule has 0 atom stereocenters. The van der Waals surface area contributed by atoms with Crippen molar-refractivity contribution in [2.45, 2.75) is 6.42 Å². The van der Waals surface area contributed by atoms with Crippen LogP contribution in [0.1, 0.15) is 11.3 Å². The summed E-state index contributed by atoms with van der Waals surface area (Å²) in [4.78, 5) is 18.7. The van der Waals surface area contributed by atoms with E-state index in [1.807, 2.05) is 0 Å². The Hall–Kier alpha value is -1.03. The Bertz CT molecular complexity index is 336. The van der Waals surface area contributed by atoms with E-state index in [4.69, 9.17) is 0 Å². The van der Waals surface area contributed by atoms with E-state index in [0.29, 0.717) is 6.42 Å². The maximum atomic E-state index is 10.9. The molecule has 0 aliphatic heterocycles. The number of hydrogen-bond donors (Lipinski definition) is 0. The van der Waals surface area contributed by atoms with Crippen LogP contribution in [-0.4, -0.2) is 15.8 Å². The molecule has 3 nitrogen and oxygen atoms in total. The van der Waals surface area contributed by atoms with Crippen LogP contribution in [0.2, 0.25) is 0 Å². The molecule has 0 N–H and O–H groups in total. The minimum absolute atomic E-state index is 0. The van der Waals surface area contributed by atoms with Crippen LogP contribution in [-0.2, 0) is 11.2 Å². The Labute approximate surface area is 80.3 Å². The first-order chi connectivity index (χ1) is 5.36. The number of allylic oxidation sites excluding steroid dienone is 1. The normalized spacial score (nSPS) is 13.5. The van der Waals surface area contributed by atoms with Crippen LogP contribution in [0, 0.1) is 0 Å². The molecule has 0 unspecified atom stereocenters. The fourth-order valence-corrected chi connectivity index (χ4v) is 1.07. The predicted octanol–water partition coefficient (Wildman–Crippen LogP) is 1.19. The quantitative estimate of drug-likeness (QED) is 0.668. The summed E-state index contributed by atoms with van der Waals surface area (Å²) in [5, 5.41) is 0. The topological polar surface area (TPSA) is 42.9 Å². The first-order valence-electron chi connectivity index (χ1n) is 3.36. The van der Waals surface area contributed by atoms with E-state index in [1.54, 1.807) is 18.3 Å². The Kier molecular flexibility index (Phi) is 2.70. The summed E-state index contributed by atoms with van der Waals surface area (Å²) >= 11 is 0. The molecule has 0 bridgehead atoms. The summed E-state index contributed by atoms with van der Waals surface area (Å²) in [6.07, 6.45) is 6.88. The number of aromatic nitrogens is 2. The van der Waals surface area contributed by atoms with E-state index in [1.165, 1.54) is 6.33 Å². The SMILES string of the molecule is Br.O=C1C=Cc2ncncc2C1. The first-order valence-corrected chi connectivity index (χ1v) is 3.36. The highest BCUT2D eigenvalue weighted by Crippen LogP contribution is 2.12. The average molecular weight is 227 g/mol. The summed E-state index contributed by atoms with van der Waals surface area (Å²) in [5.41, 5.74) is 1.78. The third kappa shape index (κ3) is 1.58. The molecule has 1 heterocycles. The van der Waals surface area contributed by atoms with Crippen molar-refractivity contribution in [3.8, 4) is 0 Å². The summed E-state index contributed by atoms with van der Waals surface area (Å²) in [5.74, 6) is 0.118. The van der Waals surface area contributed by atoms with Crippen molar-refractivity contribution in [3.63, 3.8) is 0 Å². The third-order valence-corrected chi connectivity index (χ3v) is 1.61. The number of nitrogens with zero attached hydrogens (tertiary/aromatic N) is 2. The molecule has 62 valence electrons. The Morgan fingerprint density at radius 2 is 2.17 bits per heavy atom. The maximum Gasteiger partial charge on any atom is 0.160 e. The van der Waals surface area contributed by atoms with Crippen molar-refractivity contribution in [2.75, 3.05) is 0 Å². The predicted molar refractivity (Wildman–Crippen MR) is 50.1 cm³/mol. The fraction of sp³-hybridized carbons (Fsp3) is 0.125. The zero-order chi connectivity index (χ0) is 7.68. The van der Waals surface area contributed by atoms with Crippen LogP contribution in [0.15, 0.2) is 18.6 Å². The van der Waals surface area contributed by atoms with Gasteiger partial charge in [0.15, 0.2) is 5.78 Å². The van der Waals surface area contributed by atoms with Gasteiger partial charge < -0.3 is 0 Å². The van der Waals surface area contributed by atoms with Crippen molar-refractivity contribution in [2.24, 2.45) is 0 Å². The standard InChI is InChI=1S/C8H6N2O.BrH/c11-7-1-2-8-6(3-7)4-9-5-10-8;/h1-2,4-5H,3H2;1H. The molecule has 12 heavy (non-hydrogen) atoms. The van der Waals surface area contributed by atoms with Gasteiger partial charge in [-0.25, -0.2) is 9.97 Å². The highest BCUT2D eigenvalue weighted by Gasteiger charge is 2.09. The largest absolute Gasteiger partial charge is 0.294 e. The summed E-state index contributed by atoms with van der Waals surface area (Å²) in [6.45, 7) is 0.